The predicted octanol–water partition coefficient (Wildman–Crippen LogP) is 5.40. The minimum absolute atomic E-state index is 0.0171. The largest absolute Gasteiger partial charge is 0.444 e. The molecule has 0 fully saturated rings. The Bertz CT molecular complexity index is 2050. The Hall–Kier alpha value is -6.14. The van der Waals surface area contributed by atoms with E-state index in [1.165, 1.54) is 24.3 Å². The molecule has 0 bridgehead atoms. The van der Waals surface area contributed by atoms with Crippen LogP contribution < -0.4 is 16.2 Å². The number of halogens is 1. The SMILES string of the molecule is O=C(Cn1c(-c2ccc(F)cc2)ncc(NC(=O)OCc2ccccc2)c1=O)NC(Cc1ccccc1)C(O)c1nc2ccccc2o1. The Balaban J connectivity index is 1.27. The van der Waals surface area contributed by atoms with E-state index in [1.807, 2.05) is 36.4 Å². The van der Waals surface area contributed by atoms with Gasteiger partial charge in [-0.05, 0) is 53.9 Å². The Morgan fingerprint density at radius 3 is 2.27 bits per heavy atom. The molecule has 242 valence electrons. The lowest BCUT2D eigenvalue weighted by Gasteiger charge is -2.23. The van der Waals surface area contributed by atoms with Crippen LogP contribution in [0.15, 0.2) is 125 Å². The predicted molar refractivity (Wildman–Crippen MR) is 175 cm³/mol. The standard InChI is InChI=1S/C36H30FN5O6/c37-26-17-15-25(16-18-26)33-38-20-29(41-36(46)47-22-24-11-5-2-6-12-24)35(45)42(33)21-31(43)39-28(19-23-9-3-1-4-10-23)32(44)34-40-27-13-7-8-14-30(27)48-34/h1-18,20,28,32,44H,19,21-22H2,(H,39,43)(H,41,46). The number of rotatable bonds is 11. The smallest absolute Gasteiger partial charge is 0.412 e. The molecule has 2 amide bonds. The van der Waals surface area contributed by atoms with Gasteiger partial charge in [0.05, 0.1) is 12.2 Å². The summed E-state index contributed by atoms with van der Waals surface area (Å²) in [6, 6.07) is 29.6. The summed E-state index contributed by atoms with van der Waals surface area (Å²) in [4.78, 5) is 48.7. The first-order chi connectivity index (χ1) is 23.3. The lowest BCUT2D eigenvalue weighted by Crippen LogP contribution is -2.44. The fourth-order valence-corrected chi connectivity index (χ4v) is 5.12. The van der Waals surface area contributed by atoms with Gasteiger partial charge in [-0.3, -0.25) is 19.5 Å². The minimum Gasteiger partial charge on any atom is -0.444 e. The van der Waals surface area contributed by atoms with Gasteiger partial charge in [-0.15, -0.1) is 0 Å². The van der Waals surface area contributed by atoms with Crippen molar-refractivity contribution >= 4 is 28.8 Å². The summed E-state index contributed by atoms with van der Waals surface area (Å²) in [6.45, 7) is -0.589. The first-order valence-corrected chi connectivity index (χ1v) is 15.0. The number of aliphatic hydroxyl groups is 1. The zero-order chi connectivity index (χ0) is 33.5. The van der Waals surface area contributed by atoms with Crippen LogP contribution in [0.2, 0.25) is 0 Å². The fraction of sp³-hybridized carbons (Fsp3) is 0.139. The van der Waals surface area contributed by atoms with Crippen molar-refractivity contribution in [2.75, 3.05) is 5.32 Å². The van der Waals surface area contributed by atoms with Gasteiger partial charge in [0, 0.05) is 5.56 Å². The topological polar surface area (TPSA) is 149 Å². The van der Waals surface area contributed by atoms with Crippen LogP contribution in [0.1, 0.15) is 23.1 Å². The highest BCUT2D eigenvalue weighted by molar-refractivity contribution is 5.84. The molecule has 2 unspecified atom stereocenters. The van der Waals surface area contributed by atoms with Crippen LogP contribution in [0.4, 0.5) is 14.9 Å². The van der Waals surface area contributed by atoms with Gasteiger partial charge in [-0.2, -0.15) is 0 Å². The first kappa shape index (κ1) is 31.8. The van der Waals surface area contributed by atoms with Crippen molar-refractivity contribution in [1.82, 2.24) is 19.9 Å². The molecule has 0 aliphatic carbocycles. The van der Waals surface area contributed by atoms with E-state index in [2.05, 4.69) is 20.6 Å². The number of nitrogens with one attached hydrogen (secondary N) is 2. The summed E-state index contributed by atoms with van der Waals surface area (Å²) in [5, 5.41) is 16.6. The number of para-hydroxylation sites is 2. The number of hydrogen-bond donors (Lipinski definition) is 3. The molecule has 12 heteroatoms. The molecule has 6 rings (SSSR count). The van der Waals surface area contributed by atoms with Gasteiger partial charge >= 0.3 is 6.09 Å². The highest BCUT2D eigenvalue weighted by atomic mass is 19.1. The molecular formula is C36H30FN5O6. The third kappa shape index (κ3) is 7.62. The number of aromatic nitrogens is 3. The number of oxazole rings is 1. The van der Waals surface area contributed by atoms with E-state index in [0.29, 0.717) is 16.7 Å². The quantitative estimate of drug-likeness (QED) is 0.169. The van der Waals surface area contributed by atoms with Crippen LogP contribution >= 0.6 is 0 Å². The van der Waals surface area contributed by atoms with Gasteiger partial charge in [0.1, 0.15) is 36.0 Å². The lowest BCUT2D eigenvalue weighted by atomic mass is 10.0. The monoisotopic (exact) mass is 647 g/mol. The maximum absolute atomic E-state index is 13.8. The average molecular weight is 648 g/mol. The minimum atomic E-state index is -1.35. The lowest BCUT2D eigenvalue weighted by molar-refractivity contribution is -0.123. The molecule has 11 nitrogen and oxygen atoms in total. The number of benzene rings is 4. The number of carbonyl (C=O) groups is 2. The van der Waals surface area contributed by atoms with Crippen LogP contribution in [0.3, 0.4) is 0 Å². The van der Waals surface area contributed by atoms with Crippen LogP contribution in [0.25, 0.3) is 22.5 Å². The normalized spacial score (nSPS) is 12.3. The van der Waals surface area contributed by atoms with E-state index >= 15 is 0 Å². The first-order valence-electron chi connectivity index (χ1n) is 15.0. The van der Waals surface area contributed by atoms with E-state index in [-0.39, 0.29) is 30.4 Å². The van der Waals surface area contributed by atoms with Crippen molar-refractivity contribution in [2.24, 2.45) is 0 Å². The third-order valence-corrected chi connectivity index (χ3v) is 7.49. The maximum atomic E-state index is 13.8. The summed E-state index contributed by atoms with van der Waals surface area (Å²) in [7, 11) is 0. The van der Waals surface area contributed by atoms with E-state index in [1.54, 1.807) is 48.5 Å². The van der Waals surface area contributed by atoms with Gasteiger partial charge in [-0.25, -0.2) is 19.2 Å². The maximum Gasteiger partial charge on any atom is 0.412 e. The second-order valence-electron chi connectivity index (χ2n) is 10.9. The highest BCUT2D eigenvalue weighted by Crippen LogP contribution is 2.24. The average Bonchev–Trinajstić information content (AvgIpc) is 3.54. The number of aliphatic hydroxyl groups excluding tert-OH is 1. The molecule has 3 N–H and O–H groups in total. The van der Waals surface area contributed by atoms with Gasteiger partial charge in [0.15, 0.2) is 11.7 Å². The van der Waals surface area contributed by atoms with Gasteiger partial charge in [0.25, 0.3) is 5.56 Å². The molecule has 2 aromatic heterocycles. The number of carbonyl (C=O) groups excluding carboxylic acids is 2. The Kier molecular flexibility index (Phi) is 9.63. The Morgan fingerprint density at radius 1 is 0.896 bits per heavy atom. The zero-order valence-electron chi connectivity index (χ0n) is 25.5. The second kappa shape index (κ2) is 14.5. The van der Waals surface area contributed by atoms with Gasteiger partial charge in [-0.1, -0.05) is 72.8 Å². The highest BCUT2D eigenvalue weighted by Gasteiger charge is 2.28. The zero-order valence-corrected chi connectivity index (χ0v) is 25.5. The second-order valence-corrected chi connectivity index (χ2v) is 10.9. The number of hydrogen-bond acceptors (Lipinski definition) is 8. The Morgan fingerprint density at radius 2 is 1.56 bits per heavy atom. The summed E-state index contributed by atoms with van der Waals surface area (Å²) < 4.78 is 25.8. The molecule has 4 aromatic carbocycles. The number of amides is 2. The molecule has 0 saturated carbocycles. The number of nitrogens with zero attached hydrogens (tertiary/aromatic N) is 3. The molecule has 2 heterocycles. The van der Waals surface area contributed by atoms with Crippen molar-refractivity contribution in [1.29, 1.82) is 0 Å². The summed E-state index contributed by atoms with van der Waals surface area (Å²) in [6.07, 6.45) is -0.888. The molecular weight excluding hydrogens is 617 g/mol. The number of ether oxygens (including phenoxy) is 1. The molecule has 6 aromatic rings. The van der Waals surface area contributed by atoms with E-state index in [4.69, 9.17) is 9.15 Å². The summed E-state index contributed by atoms with van der Waals surface area (Å²) in [5.41, 5.74) is 1.95. The fourth-order valence-electron chi connectivity index (χ4n) is 5.12. The summed E-state index contributed by atoms with van der Waals surface area (Å²) >= 11 is 0. The molecule has 2 atom stereocenters. The molecule has 0 saturated heterocycles. The molecule has 0 aliphatic heterocycles. The van der Waals surface area contributed by atoms with Crippen molar-refractivity contribution in [3.8, 4) is 11.4 Å². The van der Waals surface area contributed by atoms with E-state index in [0.717, 1.165) is 21.9 Å². The van der Waals surface area contributed by atoms with Gasteiger partial charge in [0.2, 0.25) is 11.8 Å². The van der Waals surface area contributed by atoms with Crippen LogP contribution in [0, 0.1) is 5.82 Å². The number of anilines is 1. The molecule has 0 aliphatic rings. The van der Waals surface area contributed by atoms with Crippen molar-refractivity contribution in [2.45, 2.75) is 31.7 Å². The van der Waals surface area contributed by atoms with Gasteiger partial charge < -0.3 is 19.6 Å². The summed E-state index contributed by atoms with van der Waals surface area (Å²) in [5.74, 6) is -1.08. The molecule has 0 spiro atoms. The van der Waals surface area contributed by atoms with Crippen molar-refractivity contribution in [3.05, 3.63) is 149 Å². The Labute approximate surface area is 273 Å². The van der Waals surface area contributed by atoms with E-state index < -0.39 is 42.1 Å². The van der Waals surface area contributed by atoms with Crippen molar-refractivity contribution < 1.29 is 28.2 Å². The molecule has 48 heavy (non-hydrogen) atoms. The van der Waals surface area contributed by atoms with Crippen molar-refractivity contribution in [3.63, 3.8) is 0 Å². The molecule has 0 radical (unpaired) electrons. The van der Waals surface area contributed by atoms with Crippen LogP contribution in [-0.2, 0) is 29.1 Å². The van der Waals surface area contributed by atoms with Crippen LogP contribution in [0.5, 0.6) is 0 Å². The number of fused-ring (bicyclic) bond motifs is 1. The third-order valence-electron chi connectivity index (χ3n) is 7.49. The van der Waals surface area contributed by atoms with E-state index in [9.17, 15) is 23.9 Å². The van der Waals surface area contributed by atoms with Crippen LogP contribution in [-0.4, -0.2) is 37.7 Å².